The first kappa shape index (κ1) is 14.6. The van der Waals surface area contributed by atoms with Crippen LogP contribution in [0, 0.1) is 17.5 Å². The van der Waals surface area contributed by atoms with Crippen LogP contribution in [0.1, 0.15) is 5.82 Å². The first-order valence-corrected chi connectivity index (χ1v) is 5.33. The molecule has 1 aromatic carbocycles. The number of hydrogen-bond donors (Lipinski definition) is 0. The summed E-state index contributed by atoms with van der Waals surface area (Å²) in [6, 6.07) is 1.41. The van der Waals surface area contributed by atoms with Crippen LogP contribution in [-0.4, -0.2) is 9.97 Å². The van der Waals surface area contributed by atoms with Crippen molar-refractivity contribution in [2.24, 2.45) is 0 Å². The Balaban J connectivity index is 2.64. The van der Waals surface area contributed by atoms with Gasteiger partial charge in [0.15, 0.2) is 11.6 Å². The second-order valence-corrected chi connectivity index (χ2v) is 4.03. The molecule has 0 bridgehead atoms. The van der Waals surface area contributed by atoms with Gasteiger partial charge in [-0.05, 0) is 6.07 Å². The molecule has 106 valence electrons. The molecule has 1 heterocycles. The van der Waals surface area contributed by atoms with Gasteiger partial charge < -0.3 is 0 Å². The lowest BCUT2D eigenvalue weighted by atomic mass is 10.1. The van der Waals surface area contributed by atoms with E-state index in [1.165, 1.54) is 0 Å². The van der Waals surface area contributed by atoms with E-state index < -0.39 is 45.9 Å². The predicted octanol–water partition coefficient (Wildman–Crippen LogP) is 4.23. The molecule has 2 rings (SSSR count). The number of rotatable bonds is 1. The Labute approximate surface area is 113 Å². The molecule has 2 nitrogen and oxygen atoms in total. The third-order valence-electron chi connectivity index (χ3n) is 2.23. The summed E-state index contributed by atoms with van der Waals surface area (Å²) in [5, 5.41) is -0.605. The van der Waals surface area contributed by atoms with Crippen LogP contribution in [0.3, 0.4) is 0 Å². The van der Waals surface area contributed by atoms with Crippen molar-refractivity contribution in [1.82, 2.24) is 9.97 Å². The normalized spacial score (nSPS) is 11.8. The maximum Gasteiger partial charge on any atom is 0.451 e. The van der Waals surface area contributed by atoms with Gasteiger partial charge in [0.2, 0.25) is 5.82 Å². The van der Waals surface area contributed by atoms with Crippen molar-refractivity contribution >= 4 is 11.6 Å². The summed E-state index contributed by atoms with van der Waals surface area (Å²) in [5.74, 6) is -5.77. The number of nitrogens with zero attached hydrogens (tertiary/aromatic N) is 2. The van der Waals surface area contributed by atoms with Gasteiger partial charge in [-0.2, -0.15) is 13.2 Å². The molecule has 0 aliphatic carbocycles. The molecule has 0 saturated carbocycles. The summed E-state index contributed by atoms with van der Waals surface area (Å²) < 4.78 is 76.8. The van der Waals surface area contributed by atoms with E-state index in [4.69, 9.17) is 11.6 Å². The van der Waals surface area contributed by atoms with Gasteiger partial charge >= 0.3 is 6.18 Å². The van der Waals surface area contributed by atoms with Gasteiger partial charge in [0, 0.05) is 17.7 Å². The highest BCUT2D eigenvalue weighted by molar-refractivity contribution is 6.29. The highest BCUT2D eigenvalue weighted by Gasteiger charge is 2.35. The van der Waals surface area contributed by atoms with Crippen molar-refractivity contribution in [3.8, 4) is 11.3 Å². The molecule has 0 saturated heterocycles. The summed E-state index contributed by atoms with van der Waals surface area (Å²) in [7, 11) is 0. The first-order valence-electron chi connectivity index (χ1n) is 4.95. The van der Waals surface area contributed by atoms with Gasteiger partial charge in [-0.3, -0.25) is 0 Å². The van der Waals surface area contributed by atoms with Gasteiger partial charge in [0.05, 0.1) is 5.69 Å². The lowest BCUT2D eigenvalue weighted by molar-refractivity contribution is -0.144. The number of halogens is 7. The van der Waals surface area contributed by atoms with Crippen LogP contribution in [0.25, 0.3) is 11.3 Å². The van der Waals surface area contributed by atoms with Crippen molar-refractivity contribution in [3.63, 3.8) is 0 Å². The summed E-state index contributed by atoms with van der Waals surface area (Å²) in [6.45, 7) is 0. The Morgan fingerprint density at radius 1 is 0.850 bits per heavy atom. The summed E-state index contributed by atoms with van der Waals surface area (Å²) >= 11 is 5.39. The highest BCUT2D eigenvalue weighted by Crippen LogP contribution is 2.31. The lowest BCUT2D eigenvalue weighted by Gasteiger charge is -2.09. The monoisotopic (exact) mass is 312 g/mol. The number of benzene rings is 1. The van der Waals surface area contributed by atoms with Crippen molar-refractivity contribution in [2.45, 2.75) is 6.18 Å². The summed E-state index contributed by atoms with van der Waals surface area (Å²) in [6.07, 6.45) is -4.91. The maximum absolute atomic E-state index is 13.5. The van der Waals surface area contributed by atoms with Crippen LogP contribution in [0.4, 0.5) is 26.3 Å². The van der Waals surface area contributed by atoms with E-state index >= 15 is 0 Å². The van der Waals surface area contributed by atoms with Crippen LogP contribution < -0.4 is 0 Å². The first-order chi connectivity index (χ1) is 9.18. The topological polar surface area (TPSA) is 25.8 Å². The third-order valence-corrected chi connectivity index (χ3v) is 2.43. The Kier molecular flexibility index (Phi) is 3.59. The van der Waals surface area contributed by atoms with Gasteiger partial charge in [-0.1, -0.05) is 11.6 Å². The minimum absolute atomic E-state index is 0.202. The van der Waals surface area contributed by atoms with Crippen LogP contribution in [0.2, 0.25) is 5.15 Å². The minimum Gasteiger partial charge on any atom is -0.224 e. The second kappa shape index (κ2) is 4.93. The highest BCUT2D eigenvalue weighted by atomic mass is 35.5. The van der Waals surface area contributed by atoms with Crippen LogP contribution in [0.5, 0.6) is 0 Å². The zero-order valence-electron chi connectivity index (χ0n) is 9.27. The van der Waals surface area contributed by atoms with Gasteiger partial charge in [-0.15, -0.1) is 0 Å². The largest absolute Gasteiger partial charge is 0.451 e. The number of hydrogen-bond acceptors (Lipinski definition) is 2. The molecule has 0 fully saturated rings. The van der Waals surface area contributed by atoms with Crippen LogP contribution >= 0.6 is 11.6 Å². The van der Waals surface area contributed by atoms with Crippen molar-refractivity contribution in [3.05, 3.63) is 46.6 Å². The molecule has 0 amide bonds. The fourth-order valence-corrected chi connectivity index (χ4v) is 1.58. The second-order valence-electron chi connectivity index (χ2n) is 3.64. The SMILES string of the molecule is Fc1cc(F)c(-c2cc(Cl)nc(C(F)(F)F)n2)cc1F. The van der Waals surface area contributed by atoms with Crippen molar-refractivity contribution < 1.29 is 26.3 Å². The van der Waals surface area contributed by atoms with Crippen LogP contribution in [-0.2, 0) is 6.18 Å². The zero-order chi connectivity index (χ0) is 15.1. The predicted molar refractivity (Wildman–Crippen MR) is 57.4 cm³/mol. The van der Waals surface area contributed by atoms with E-state index in [0.717, 1.165) is 6.07 Å². The molecule has 0 aliphatic rings. The molecular formula is C11H3ClF6N2. The molecule has 0 radical (unpaired) electrons. The minimum atomic E-state index is -4.91. The standard InChI is InChI=1S/C11H3ClF6N2/c12-9-3-8(19-10(20-9)11(16,17)18)4-1-6(14)7(15)2-5(4)13/h1-3H. The van der Waals surface area contributed by atoms with Crippen LogP contribution in [0.15, 0.2) is 18.2 Å². The van der Waals surface area contributed by atoms with Crippen molar-refractivity contribution in [1.29, 1.82) is 0 Å². The molecule has 0 atom stereocenters. The van der Waals surface area contributed by atoms with E-state index in [9.17, 15) is 26.3 Å². The zero-order valence-corrected chi connectivity index (χ0v) is 10.0. The quantitative estimate of drug-likeness (QED) is 0.447. The van der Waals surface area contributed by atoms with Gasteiger partial charge in [0.1, 0.15) is 11.0 Å². The summed E-state index contributed by atoms with van der Waals surface area (Å²) in [5.41, 5.74) is -1.26. The average Bonchev–Trinajstić information content (AvgIpc) is 2.32. The lowest BCUT2D eigenvalue weighted by Crippen LogP contribution is -2.12. The Hall–Kier alpha value is -1.83. The van der Waals surface area contributed by atoms with E-state index in [1.807, 2.05) is 0 Å². The molecule has 0 spiro atoms. The Morgan fingerprint density at radius 2 is 1.45 bits per heavy atom. The molecule has 2 aromatic rings. The van der Waals surface area contributed by atoms with E-state index in [1.54, 1.807) is 0 Å². The molecule has 0 aliphatic heterocycles. The fourth-order valence-electron chi connectivity index (χ4n) is 1.40. The number of alkyl halides is 3. The maximum atomic E-state index is 13.5. The number of aromatic nitrogens is 2. The van der Waals surface area contributed by atoms with Gasteiger partial charge in [-0.25, -0.2) is 23.1 Å². The van der Waals surface area contributed by atoms with E-state index in [-0.39, 0.29) is 6.07 Å². The van der Waals surface area contributed by atoms with E-state index in [0.29, 0.717) is 6.07 Å². The molecule has 0 unspecified atom stereocenters. The smallest absolute Gasteiger partial charge is 0.224 e. The van der Waals surface area contributed by atoms with Crippen molar-refractivity contribution in [2.75, 3.05) is 0 Å². The van der Waals surface area contributed by atoms with E-state index in [2.05, 4.69) is 9.97 Å². The Bertz CT molecular complexity index is 671. The molecule has 20 heavy (non-hydrogen) atoms. The van der Waals surface area contributed by atoms with Gasteiger partial charge in [0.25, 0.3) is 0 Å². The molecular weight excluding hydrogens is 310 g/mol. The third kappa shape index (κ3) is 2.84. The average molecular weight is 313 g/mol. The fraction of sp³-hybridized carbons (Fsp3) is 0.0909. The molecule has 1 aromatic heterocycles. The summed E-state index contributed by atoms with van der Waals surface area (Å²) in [4.78, 5) is 6.00. The Morgan fingerprint density at radius 3 is 2.05 bits per heavy atom. The molecule has 9 heteroatoms. The molecule has 0 N–H and O–H groups in total.